The number of nitrogens with zero attached hydrogens (tertiary/aromatic N) is 2. The number of rotatable bonds is 5. The van der Waals surface area contributed by atoms with Gasteiger partial charge in [-0.3, -0.25) is 4.79 Å². The van der Waals surface area contributed by atoms with Crippen molar-refractivity contribution in [3.05, 3.63) is 6.20 Å². The van der Waals surface area contributed by atoms with E-state index in [0.29, 0.717) is 36.3 Å². The second-order valence-corrected chi connectivity index (χ2v) is 7.31. The van der Waals surface area contributed by atoms with Gasteiger partial charge in [-0.15, -0.1) is 0 Å². The molecule has 1 aliphatic heterocycles. The summed E-state index contributed by atoms with van der Waals surface area (Å²) in [7, 11) is 0. The first-order chi connectivity index (χ1) is 12.0. The van der Waals surface area contributed by atoms with Crippen molar-refractivity contribution in [2.24, 2.45) is 5.41 Å². The van der Waals surface area contributed by atoms with Crippen LogP contribution in [0, 0.1) is 5.41 Å². The summed E-state index contributed by atoms with van der Waals surface area (Å²) in [6, 6.07) is 0.497. The highest BCUT2D eigenvalue weighted by molar-refractivity contribution is 5.74. The van der Waals surface area contributed by atoms with Crippen LogP contribution in [-0.4, -0.2) is 46.3 Å². The molecule has 5 N–H and O–H groups in total. The lowest BCUT2D eigenvalue weighted by Crippen LogP contribution is -2.37. The minimum Gasteiger partial charge on any atom is -0.481 e. The van der Waals surface area contributed by atoms with Crippen molar-refractivity contribution < 1.29 is 14.6 Å². The Kier molecular flexibility index (Phi) is 5.27. The maximum Gasteiger partial charge on any atom is 0.309 e. The van der Waals surface area contributed by atoms with Crippen LogP contribution in [0.1, 0.15) is 45.4 Å². The van der Waals surface area contributed by atoms with Crippen molar-refractivity contribution in [3.8, 4) is 0 Å². The number of hydrogen-bond acceptors (Lipinski definition) is 7. The van der Waals surface area contributed by atoms with Gasteiger partial charge < -0.3 is 26.2 Å². The van der Waals surface area contributed by atoms with Crippen molar-refractivity contribution in [3.63, 3.8) is 0 Å². The molecule has 0 atom stereocenters. The summed E-state index contributed by atoms with van der Waals surface area (Å²) in [6.07, 6.45) is 6.36. The van der Waals surface area contributed by atoms with E-state index in [-0.39, 0.29) is 6.04 Å². The van der Waals surface area contributed by atoms with Crippen molar-refractivity contribution in [2.75, 3.05) is 29.6 Å². The van der Waals surface area contributed by atoms with Crippen molar-refractivity contribution >= 4 is 23.4 Å². The van der Waals surface area contributed by atoms with Gasteiger partial charge >= 0.3 is 5.97 Å². The van der Waals surface area contributed by atoms with Gasteiger partial charge in [-0.25, -0.2) is 4.98 Å². The molecule has 0 bridgehead atoms. The summed E-state index contributed by atoms with van der Waals surface area (Å²) in [4.78, 5) is 20.1. The Hall–Kier alpha value is -2.09. The summed E-state index contributed by atoms with van der Waals surface area (Å²) in [6.45, 7) is 3.32. The summed E-state index contributed by atoms with van der Waals surface area (Å²) in [5.74, 6) is 0.471. The van der Waals surface area contributed by atoms with Gasteiger partial charge in [0.2, 0.25) is 5.95 Å². The average Bonchev–Trinajstić information content (AvgIpc) is 2.61. The molecule has 8 heteroatoms. The zero-order valence-corrected chi connectivity index (χ0v) is 14.6. The normalized spacial score (nSPS) is 27.6. The molecule has 0 amide bonds. The highest BCUT2D eigenvalue weighted by Gasteiger charge is 2.37. The maximum atomic E-state index is 11.4. The van der Waals surface area contributed by atoms with Gasteiger partial charge in [0, 0.05) is 25.3 Å². The predicted octanol–water partition coefficient (Wildman–Crippen LogP) is 2.10. The van der Waals surface area contributed by atoms with Gasteiger partial charge in [0.05, 0.1) is 17.3 Å². The summed E-state index contributed by atoms with van der Waals surface area (Å²) in [5.41, 5.74) is 5.90. The first kappa shape index (κ1) is 17.7. The second-order valence-electron chi connectivity index (χ2n) is 7.31. The lowest BCUT2D eigenvalue weighted by Gasteiger charge is -2.34. The Morgan fingerprint density at radius 3 is 2.52 bits per heavy atom. The highest BCUT2D eigenvalue weighted by Crippen LogP contribution is 2.37. The second kappa shape index (κ2) is 7.43. The van der Waals surface area contributed by atoms with E-state index in [9.17, 15) is 9.90 Å². The first-order valence-corrected chi connectivity index (χ1v) is 8.93. The minimum atomic E-state index is -0.713. The van der Waals surface area contributed by atoms with Crippen molar-refractivity contribution in [1.29, 1.82) is 0 Å². The number of nitrogen functional groups attached to an aromatic ring is 1. The Morgan fingerprint density at radius 2 is 1.88 bits per heavy atom. The molecular formula is C17H27N5O3. The lowest BCUT2D eigenvalue weighted by atomic mass is 9.74. The van der Waals surface area contributed by atoms with E-state index >= 15 is 0 Å². The third-order valence-corrected chi connectivity index (χ3v) is 5.32. The van der Waals surface area contributed by atoms with Crippen molar-refractivity contribution in [1.82, 2.24) is 9.97 Å². The van der Waals surface area contributed by atoms with E-state index < -0.39 is 11.4 Å². The molecule has 1 saturated carbocycles. The molecular weight excluding hydrogens is 322 g/mol. The van der Waals surface area contributed by atoms with Crippen LogP contribution in [0.5, 0.6) is 0 Å². The maximum absolute atomic E-state index is 11.4. The number of anilines is 3. The zero-order valence-electron chi connectivity index (χ0n) is 14.6. The molecule has 1 aromatic rings. The molecule has 2 fully saturated rings. The van der Waals surface area contributed by atoms with Crippen LogP contribution in [0.2, 0.25) is 0 Å². The summed E-state index contributed by atoms with van der Waals surface area (Å²) >= 11 is 0. The number of carboxylic acid groups (broad SMARTS) is 1. The van der Waals surface area contributed by atoms with Crippen LogP contribution in [0.25, 0.3) is 0 Å². The molecule has 0 aromatic carbocycles. The fourth-order valence-corrected chi connectivity index (χ4v) is 3.41. The largest absolute Gasteiger partial charge is 0.481 e. The van der Waals surface area contributed by atoms with Crippen LogP contribution < -0.4 is 16.4 Å². The molecule has 1 saturated heterocycles. The van der Waals surface area contributed by atoms with Crippen LogP contribution in [0.4, 0.5) is 17.5 Å². The van der Waals surface area contributed by atoms with E-state index in [4.69, 9.17) is 10.5 Å². The van der Waals surface area contributed by atoms with Crippen LogP contribution >= 0.6 is 0 Å². The number of hydrogen-bond donors (Lipinski definition) is 4. The number of nitrogens with one attached hydrogen (secondary N) is 2. The van der Waals surface area contributed by atoms with E-state index in [1.54, 1.807) is 6.20 Å². The number of aromatic nitrogens is 2. The number of carboxylic acids is 1. The third-order valence-electron chi connectivity index (χ3n) is 5.32. The predicted molar refractivity (Wildman–Crippen MR) is 95.5 cm³/mol. The summed E-state index contributed by atoms with van der Waals surface area (Å²) in [5, 5.41) is 16.0. The zero-order chi connectivity index (χ0) is 17.9. The van der Waals surface area contributed by atoms with Gasteiger partial charge in [0.15, 0.2) is 5.82 Å². The van der Waals surface area contributed by atoms with Gasteiger partial charge in [-0.2, -0.15) is 4.98 Å². The quantitative estimate of drug-likeness (QED) is 0.637. The number of nitrogens with two attached hydrogens (primary N) is 1. The van der Waals surface area contributed by atoms with E-state index in [1.165, 1.54) is 0 Å². The first-order valence-electron chi connectivity index (χ1n) is 8.93. The van der Waals surface area contributed by atoms with E-state index in [1.807, 2.05) is 6.92 Å². The topological polar surface area (TPSA) is 122 Å². The van der Waals surface area contributed by atoms with Crippen LogP contribution in [0.15, 0.2) is 6.20 Å². The van der Waals surface area contributed by atoms with E-state index in [2.05, 4.69) is 20.6 Å². The average molecular weight is 349 g/mol. The van der Waals surface area contributed by atoms with Gasteiger partial charge in [0.1, 0.15) is 0 Å². The van der Waals surface area contributed by atoms with Crippen molar-refractivity contribution in [2.45, 2.75) is 57.5 Å². The molecule has 2 aliphatic rings. The molecule has 25 heavy (non-hydrogen) atoms. The molecule has 0 unspecified atom stereocenters. The number of carbonyl (C=O) groups is 1. The number of ether oxygens (including phenoxy) is 1. The minimum absolute atomic E-state index is 0.181. The van der Waals surface area contributed by atoms with Gasteiger partial charge in [-0.05, 0) is 45.4 Å². The van der Waals surface area contributed by atoms with Gasteiger partial charge in [-0.1, -0.05) is 0 Å². The molecule has 8 nitrogen and oxygen atoms in total. The number of aliphatic carboxylic acids is 1. The standard InChI is InChI=1S/C17H27N5O3/c1-17(15(23)24)6-2-11(3-7-17)20-14-13(18)10-19-16(22-14)21-12-4-8-25-9-5-12/h10-12H,2-9,18H2,1H3,(H,23,24)(H2,19,20,21,22). The third kappa shape index (κ3) is 4.31. The fraction of sp³-hybridized carbons (Fsp3) is 0.706. The Morgan fingerprint density at radius 1 is 1.24 bits per heavy atom. The Balaban J connectivity index is 1.60. The lowest BCUT2D eigenvalue weighted by molar-refractivity contribution is -0.149. The SMILES string of the molecule is CC1(C(=O)O)CCC(Nc2nc(NC3CCOCC3)ncc2N)CC1. The molecule has 0 radical (unpaired) electrons. The van der Waals surface area contributed by atoms with Gasteiger partial charge in [0.25, 0.3) is 0 Å². The molecule has 1 aliphatic carbocycles. The highest BCUT2D eigenvalue weighted by atomic mass is 16.5. The van der Waals surface area contributed by atoms with E-state index in [0.717, 1.165) is 38.9 Å². The summed E-state index contributed by atoms with van der Waals surface area (Å²) < 4.78 is 5.36. The molecule has 1 aromatic heterocycles. The van der Waals surface area contributed by atoms with Crippen LogP contribution in [-0.2, 0) is 9.53 Å². The molecule has 0 spiro atoms. The smallest absolute Gasteiger partial charge is 0.309 e. The Bertz CT molecular complexity index is 610. The van der Waals surface area contributed by atoms with Crippen LogP contribution in [0.3, 0.4) is 0 Å². The molecule has 3 rings (SSSR count). The monoisotopic (exact) mass is 349 g/mol. The fourth-order valence-electron chi connectivity index (χ4n) is 3.41. The molecule has 2 heterocycles. The molecule has 138 valence electrons. The Labute approximate surface area is 147 Å².